The molecule has 0 spiro atoms. The number of aromatic nitrogens is 6. The van der Waals surface area contributed by atoms with E-state index in [2.05, 4.69) is 30.1 Å². The molecule has 0 radical (unpaired) electrons. The SMILES string of the molecule is Fc1ccc(-c2ccnc3[nH]c(-c4[nH]nc5ncc(-c6cncc(OCc7ccccc7)c6)cc45)cc23)s1. The molecule has 0 saturated carbocycles. The van der Waals surface area contributed by atoms with Crippen molar-refractivity contribution in [2.45, 2.75) is 6.61 Å². The fraction of sp³-hybridized carbons (Fsp3) is 0.0345. The lowest BCUT2D eigenvalue weighted by molar-refractivity contribution is 0.305. The summed E-state index contributed by atoms with van der Waals surface area (Å²) in [7, 11) is 0. The van der Waals surface area contributed by atoms with E-state index in [9.17, 15) is 4.39 Å². The van der Waals surface area contributed by atoms with Gasteiger partial charge in [0.1, 0.15) is 18.0 Å². The number of halogens is 1. The van der Waals surface area contributed by atoms with Crippen LogP contribution in [0.2, 0.25) is 0 Å². The Labute approximate surface area is 220 Å². The van der Waals surface area contributed by atoms with E-state index in [1.165, 1.54) is 6.07 Å². The molecule has 7 nitrogen and oxygen atoms in total. The molecular weight excluding hydrogens is 499 g/mol. The van der Waals surface area contributed by atoms with Crippen LogP contribution in [-0.2, 0) is 6.61 Å². The molecule has 6 aromatic heterocycles. The number of rotatable bonds is 6. The molecule has 0 fully saturated rings. The number of thiophene rings is 1. The molecular formula is C29H19FN6OS. The second-order valence-corrected chi connectivity index (χ2v) is 9.82. The van der Waals surface area contributed by atoms with Gasteiger partial charge in [0.05, 0.1) is 17.6 Å². The summed E-state index contributed by atoms with van der Waals surface area (Å²) < 4.78 is 19.7. The molecule has 0 aliphatic heterocycles. The standard InChI is InChI=1S/C29H19FN6OS/c30-26-7-6-25(38-26)21-8-9-32-28-22(21)12-24(34-28)27-23-11-19(14-33-29(23)36-35-27)18-10-20(15-31-13-18)37-16-17-4-2-1-3-5-17/h1-15H,16H2,(H,32,34)(H,33,35,36). The lowest BCUT2D eigenvalue weighted by atomic mass is 10.1. The summed E-state index contributed by atoms with van der Waals surface area (Å²) in [5.41, 5.74) is 6.71. The topological polar surface area (TPSA) is 92.4 Å². The number of nitrogens with one attached hydrogen (secondary N) is 2. The van der Waals surface area contributed by atoms with Gasteiger partial charge in [-0.2, -0.15) is 9.49 Å². The molecule has 0 unspecified atom stereocenters. The van der Waals surface area contributed by atoms with Crippen LogP contribution in [0.3, 0.4) is 0 Å². The number of hydrogen-bond acceptors (Lipinski definition) is 6. The van der Waals surface area contributed by atoms with Crippen molar-refractivity contribution < 1.29 is 9.13 Å². The second-order valence-electron chi connectivity index (χ2n) is 8.78. The minimum atomic E-state index is -0.220. The van der Waals surface area contributed by atoms with Crippen molar-refractivity contribution in [3.63, 3.8) is 0 Å². The molecule has 0 aliphatic rings. The van der Waals surface area contributed by atoms with E-state index in [-0.39, 0.29) is 5.13 Å². The summed E-state index contributed by atoms with van der Waals surface area (Å²) in [5, 5.41) is 9.06. The maximum Gasteiger partial charge on any atom is 0.181 e. The molecule has 1 aromatic carbocycles. The first-order valence-electron chi connectivity index (χ1n) is 11.9. The van der Waals surface area contributed by atoms with Crippen molar-refractivity contribution >= 4 is 33.4 Å². The van der Waals surface area contributed by atoms with Crippen LogP contribution in [0.4, 0.5) is 4.39 Å². The largest absolute Gasteiger partial charge is 0.487 e. The normalized spacial score (nSPS) is 11.4. The number of pyridine rings is 3. The van der Waals surface area contributed by atoms with Gasteiger partial charge < -0.3 is 9.72 Å². The summed E-state index contributed by atoms with van der Waals surface area (Å²) in [6, 6.07) is 21.2. The molecule has 38 heavy (non-hydrogen) atoms. The van der Waals surface area contributed by atoms with Gasteiger partial charge in [-0.05, 0) is 42.0 Å². The lowest BCUT2D eigenvalue weighted by Crippen LogP contribution is -1.96. The Morgan fingerprint density at radius 2 is 1.76 bits per heavy atom. The maximum absolute atomic E-state index is 13.7. The Morgan fingerprint density at radius 1 is 0.868 bits per heavy atom. The van der Waals surface area contributed by atoms with E-state index in [4.69, 9.17) is 4.74 Å². The van der Waals surface area contributed by atoms with Crippen LogP contribution in [0.15, 0.2) is 91.5 Å². The van der Waals surface area contributed by atoms with Gasteiger partial charge in [0.2, 0.25) is 0 Å². The van der Waals surface area contributed by atoms with Gasteiger partial charge in [-0.25, -0.2) is 9.97 Å². The number of ether oxygens (including phenoxy) is 1. The number of nitrogens with zero attached hydrogens (tertiary/aromatic N) is 4. The molecule has 0 saturated heterocycles. The van der Waals surface area contributed by atoms with E-state index in [1.54, 1.807) is 30.9 Å². The van der Waals surface area contributed by atoms with Crippen molar-refractivity contribution in [1.29, 1.82) is 0 Å². The monoisotopic (exact) mass is 518 g/mol. The average Bonchev–Trinajstić information content (AvgIpc) is 3.70. The van der Waals surface area contributed by atoms with Crippen molar-refractivity contribution in [2.75, 3.05) is 0 Å². The Balaban J connectivity index is 1.24. The van der Waals surface area contributed by atoms with Crippen LogP contribution in [0.5, 0.6) is 5.75 Å². The number of benzene rings is 1. The smallest absolute Gasteiger partial charge is 0.181 e. The molecule has 0 amide bonds. The molecule has 0 bridgehead atoms. The Morgan fingerprint density at radius 3 is 2.63 bits per heavy atom. The number of hydrogen-bond donors (Lipinski definition) is 2. The highest BCUT2D eigenvalue weighted by molar-refractivity contribution is 7.14. The van der Waals surface area contributed by atoms with Gasteiger partial charge in [0.15, 0.2) is 10.8 Å². The van der Waals surface area contributed by atoms with Crippen LogP contribution in [-0.4, -0.2) is 30.1 Å². The lowest BCUT2D eigenvalue weighted by Gasteiger charge is -2.08. The van der Waals surface area contributed by atoms with Crippen molar-refractivity contribution in [1.82, 2.24) is 30.1 Å². The Hall–Kier alpha value is -4.89. The van der Waals surface area contributed by atoms with Crippen molar-refractivity contribution in [3.8, 4) is 38.7 Å². The first kappa shape index (κ1) is 22.3. The molecule has 7 rings (SSSR count). The van der Waals surface area contributed by atoms with Crippen LogP contribution in [0.25, 0.3) is 55.0 Å². The van der Waals surface area contributed by atoms with Gasteiger partial charge in [0.25, 0.3) is 0 Å². The van der Waals surface area contributed by atoms with Gasteiger partial charge in [-0.3, -0.25) is 10.1 Å². The highest BCUT2D eigenvalue weighted by atomic mass is 32.1. The summed E-state index contributed by atoms with van der Waals surface area (Å²) in [6.07, 6.45) is 6.99. The second kappa shape index (κ2) is 9.20. The summed E-state index contributed by atoms with van der Waals surface area (Å²) in [4.78, 5) is 17.6. The third kappa shape index (κ3) is 4.08. The zero-order valence-corrected chi connectivity index (χ0v) is 20.7. The van der Waals surface area contributed by atoms with Crippen molar-refractivity contribution in [2.24, 2.45) is 0 Å². The molecule has 184 valence electrons. The van der Waals surface area contributed by atoms with Crippen LogP contribution >= 0.6 is 11.3 Å². The van der Waals surface area contributed by atoms with Gasteiger partial charge in [-0.1, -0.05) is 30.3 Å². The van der Waals surface area contributed by atoms with Crippen LogP contribution in [0, 0.1) is 5.13 Å². The van der Waals surface area contributed by atoms with Gasteiger partial charge >= 0.3 is 0 Å². The Kier molecular flexibility index (Phi) is 5.41. The summed E-state index contributed by atoms with van der Waals surface area (Å²) in [5.74, 6) is 0.679. The number of fused-ring (bicyclic) bond motifs is 2. The first-order valence-corrected chi connectivity index (χ1v) is 12.7. The van der Waals surface area contributed by atoms with Crippen molar-refractivity contribution in [3.05, 3.63) is 102 Å². The summed E-state index contributed by atoms with van der Waals surface area (Å²) in [6.45, 7) is 0.462. The van der Waals surface area contributed by atoms with E-state index in [1.807, 2.05) is 54.6 Å². The molecule has 6 heterocycles. The summed E-state index contributed by atoms with van der Waals surface area (Å²) >= 11 is 1.11. The zero-order valence-electron chi connectivity index (χ0n) is 19.9. The van der Waals surface area contributed by atoms with Gasteiger partial charge in [0, 0.05) is 50.9 Å². The van der Waals surface area contributed by atoms with Crippen LogP contribution in [0.1, 0.15) is 5.56 Å². The van der Waals surface area contributed by atoms with E-state index >= 15 is 0 Å². The fourth-order valence-electron chi connectivity index (χ4n) is 4.49. The molecule has 0 aliphatic carbocycles. The predicted molar refractivity (Wildman–Crippen MR) is 146 cm³/mol. The van der Waals surface area contributed by atoms with E-state index < -0.39 is 0 Å². The minimum absolute atomic E-state index is 0.220. The minimum Gasteiger partial charge on any atom is -0.487 e. The Bertz CT molecular complexity index is 1910. The first-order chi connectivity index (χ1) is 18.7. The predicted octanol–water partition coefficient (Wildman–Crippen LogP) is 7.01. The maximum atomic E-state index is 13.7. The number of H-pyrrole nitrogens is 2. The third-order valence-electron chi connectivity index (χ3n) is 6.34. The number of aromatic amines is 2. The van der Waals surface area contributed by atoms with Crippen LogP contribution < -0.4 is 4.74 Å². The highest BCUT2D eigenvalue weighted by Gasteiger charge is 2.16. The molecule has 9 heteroatoms. The van der Waals surface area contributed by atoms with Gasteiger partial charge in [-0.15, -0.1) is 11.3 Å². The fourth-order valence-corrected chi connectivity index (χ4v) is 5.27. The zero-order chi connectivity index (χ0) is 25.5. The highest BCUT2D eigenvalue weighted by Crippen LogP contribution is 2.36. The quantitative estimate of drug-likeness (QED) is 0.247. The average molecular weight is 519 g/mol. The molecule has 0 atom stereocenters. The molecule has 7 aromatic rings. The molecule has 2 N–H and O–H groups in total. The van der Waals surface area contributed by atoms with E-state index in [0.717, 1.165) is 60.6 Å². The third-order valence-corrected chi connectivity index (χ3v) is 7.25. The van der Waals surface area contributed by atoms with E-state index in [0.29, 0.717) is 23.7 Å².